The maximum absolute atomic E-state index is 13.6. The summed E-state index contributed by atoms with van der Waals surface area (Å²) >= 11 is 0. The molecule has 0 saturated carbocycles. The molecule has 0 aliphatic carbocycles. The second-order valence-electron chi connectivity index (χ2n) is 8.92. The summed E-state index contributed by atoms with van der Waals surface area (Å²) in [4.78, 5) is 32.2. The third-order valence-corrected chi connectivity index (χ3v) is 6.40. The second-order valence-corrected chi connectivity index (χ2v) is 8.92. The van der Waals surface area contributed by atoms with Gasteiger partial charge in [0.25, 0.3) is 0 Å². The quantitative estimate of drug-likeness (QED) is 0.699. The van der Waals surface area contributed by atoms with Gasteiger partial charge in [-0.15, -0.1) is 0 Å². The minimum absolute atomic E-state index is 0.0263. The lowest BCUT2D eigenvalue weighted by atomic mass is 9.84. The Morgan fingerprint density at radius 3 is 2.53 bits per heavy atom. The Hall–Kier alpha value is -3.08. The van der Waals surface area contributed by atoms with Crippen LogP contribution in [0.5, 0.6) is 0 Å². The number of aromatic amines is 1. The number of carbonyl (C=O) groups is 2. The van der Waals surface area contributed by atoms with Crippen LogP contribution in [0.25, 0.3) is 10.9 Å². The molecule has 1 aromatic heterocycles. The zero-order valence-corrected chi connectivity index (χ0v) is 17.4. The second kappa shape index (κ2) is 7.31. The first kappa shape index (κ1) is 18.9. The number of nitrogens with zero attached hydrogens (tertiary/aromatic N) is 1. The number of benzene rings is 2. The number of fused-ring (bicyclic) bond motifs is 4. The number of para-hydroxylation sites is 1. The predicted molar refractivity (Wildman–Crippen MR) is 117 cm³/mol. The molecule has 30 heavy (non-hydrogen) atoms. The van der Waals surface area contributed by atoms with E-state index < -0.39 is 12.1 Å². The fraction of sp³-hybridized carbons (Fsp3) is 0.360. The van der Waals surface area contributed by atoms with Gasteiger partial charge in [0, 0.05) is 29.4 Å². The van der Waals surface area contributed by atoms with Crippen molar-refractivity contribution in [2.45, 2.75) is 51.2 Å². The molecule has 2 aliphatic rings. The van der Waals surface area contributed by atoms with Crippen molar-refractivity contribution in [1.29, 1.82) is 0 Å². The van der Waals surface area contributed by atoms with Crippen LogP contribution < -0.4 is 5.32 Å². The van der Waals surface area contributed by atoms with Crippen molar-refractivity contribution in [1.82, 2.24) is 15.2 Å². The van der Waals surface area contributed by atoms with E-state index in [0.29, 0.717) is 18.8 Å². The Balaban J connectivity index is 1.56. The minimum Gasteiger partial charge on any atom is -0.356 e. The summed E-state index contributed by atoms with van der Waals surface area (Å²) in [6.45, 7) is 4.34. The molecule has 2 N–H and O–H groups in total. The summed E-state index contributed by atoms with van der Waals surface area (Å²) in [5, 5.41) is 4.18. The fourth-order valence-corrected chi connectivity index (χ4v) is 5.08. The molecular formula is C25H27N3O2. The lowest BCUT2D eigenvalue weighted by molar-refractivity contribution is -0.153. The van der Waals surface area contributed by atoms with Gasteiger partial charge in [-0.3, -0.25) is 9.59 Å². The third kappa shape index (κ3) is 3.09. The molecule has 3 aromatic rings. The number of nitrogens with one attached hydrogen (secondary N) is 2. The van der Waals surface area contributed by atoms with Gasteiger partial charge in [-0.2, -0.15) is 0 Å². The molecule has 154 valence electrons. The first-order chi connectivity index (χ1) is 14.5. The van der Waals surface area contributed by atoms with Gasteiger partial charge in [-0.1, -0.05) is 62.4 Å². The number of hydrogen-bond donors (Lipinski definition) is 2. The van der Waals surface area contributed by atoms with E-state index in [9.17, 15) is 9.59 Å². The van der Waals surface area contributed by atoms with E-state index in [1.54, 1.807) is 0 Å². The van der Waals surface area contributed by atoms with E-state index in [0.717, 1.165) is 28.6 Å². The third-order valence-electron chi connectivity index (χ3n) is 6.40. The van der Waals surface area contributed by atoms with Gasteiger partial charge in [0.15, 0.2) is 0 Å². The van der Waals surface area contributed by atoms with Crippen LogP contribution in [0.3, 0.4) is 0 Å². The van der Waals surface area contributed by atoms with Gasteiger partial charge < -0.3 is 15.2 Å². The summed E-state index contributed by atoms with van der Waals surface area (Å²) in [5.41, 5.74) is 4.41. The Morgan fingerprint density at radius 2 is 1.77 bits per heavy atom. The normalized spacial score (nSPS) is 23.4. The monoisotopic (exact) mass is 401 g/mol. The van der Waals surface area contributed by atoms with E-state index in [4.69, 9.17) is 0 Å². The molecule has 0 radical (unpaired) electrons. The average Bonchev–Trinajstić information content (AvgIpc) is 3.11. The van der Waals surface area contributed by atoms with Crippen LogP contribution in [0.2, 0.25) is 0 Å². The van der Waals surface area contributed by atoms with Crippen LogP contribution in [-0.2, 0) is 22.4 Å². The molecule has 5 heteroatoms. The Morgan fingerprint density at radius 1 is 1.03 bits per heavy atom. The largest absolute Gasteiger partial charge is 0.356 e. The standard InChI is InChI=1S/C25H27N3O2/c1-15(2)12-21-23-18(17-10-6-7-11-19(17)26-23)14-22-24(29)27-20(25(30)28(21)22)13-16-8-4-3-5-9-16/h3-11,15,20-22,26H,12-14H2,1-2H3,(H,27,29)/t20-,21-,22-/m0/s1. The molecule has 5 rings (SSSR count). The van der Waals surface area contributed by atoms with E-state index in [2.05, 4.69) is 36.3 Å². The van der Waals surface area contributed by atoms with E-state index in [1.165, 1.54) is 5.56 Å². The summed E-state index contributed by atoms with van der Waals surface area (Å²) < 4.78 is 0. The van der Waals surface area contributed by atoms with E-state index >= 15 is 0 Å². The van der Waals surface area contributed by atoms with E-state index in [1.807, 2.05) is 47.4 Å². The summed E-state index contributed by atoms with van der Waals surface area (Å²) in [7, 11) is 0. The highest BCUT2D eigenvalue weighted by atomic mass is 16.2. The zero-order chi connectivity index (χ0) is 20.8. The van der Waals surface area contributed by atoms with Gasteiger partial charge in [0.2, 0.25) is 11.8 Å². The first-order valence-electron chi connectivity index (χ1n) is 10.8. The Kier molecular flexibility index (Phi) is 4.61. The van der Waals surface area contributed by atoms with Gasteiger partial charge in [-0.25, -0.2) is 0 Å². The van der Waals surface area contributed by atoms with Gasteiger partial charge in [0.1, 0.15) is 12.1 Å². The van der Waals surface area contributed by atoms with Crippen LogP contribution in [0.1, 0.15) is 43.1 Å². The molecule has 1 fully saturated rings. The number of rotatable bonds is 4. The average molecular weight is 402 g/mol. The molecule has 2 amide bonds. The van der Waals surface area contributed by atoms with Gasteiger partial charge in [-0.05, 0) is 29.5 Å². The highest BCUT2D eigenvalue weighted by Crippen LogP contribution is 2.41. The maximum Gasteiger partial charge on any atom is 0.246 e. The lowest BCUT2D eigenvalue weighted by Crippen LogP contribution is -2.66. The molecule has 2 aromatic carbocycles. The van der Waals surface area contributed by atoms with Crippen LogP contribution >= 0.6 is 0 Å². The minimum atomic E-state index is -0.517. The SMILES string of the molecule is CC(C)C[C@H]1c2[nH]c3ccccc3c2C[C@H]2C(=O)N[C@@H](Cc3ccccc3)C(=O)N21. The topological polar surface area (TPSA) is 65.2 Å². The highest BCUT2D eigenvalue weighted by molar-refractivity contribution is 5.99. The number of hydrogen-bond acceptors (Lipinski definition) is 2. The van der Waals surface area contributed by atoms with Crippen LogP contribution in [0, 0.1) is 5.92 Å². The molecule has 1 saturated heterocycles. The molecule has 0 unspecified atom stereocenters. The van der Waals surface area contributed by atoms with Crippen molar-refractivity contribution in [2.75, 3.05) is 0 Å². The summed E-state index contributed by atoms with van der Waals surface area (Å²) in [6.07, 6.45) is 1.90. The number of amides is 2. The molecule has 3 atom stereocenters. The van der Waals surface area contributed by atoms with Crippen molar-refractivity contribution in [3.8, 4) is 0 Å². The molecule has 0 spiro atoms. The number of aromatic nitrogens is 1. The Bertz CT molecular complexity index is 1100. The molecular weight excluding hydrogens is 374 g/mol. The van der Waals surface area contributed by atoms with Crippen molar-refractivity contribution in [3.05, 3.63) is 71.4 Å². The van der Waals surface area contributed by atoms with Crippen LogP contribution in [0.15, 0.2) is 54.6 Å². The van der Waals surface area contributed by atoms with Crippen molar-refractivity contribution >= 4 is 22.7 Å². The molecule has 0 bridgehead atoms. The van der Waals surface area contributed by atoms with Gasteiger partial charge >= 0.3 is 0 Å². The number of carbonyl (C=O) groups excluding carboxylic acids is 2. The lowest BCUT2D eigenvalue weighted by Gasteiger charge is -2.46. The smallest absolute Gasteiger partial charge is 0.246 e. The number of H-pyrrole nitrogens is 1. The van der Waals surface area contributed by atoms with Crippen molar-refractivity contribution in [3.63, 3.8) is 0 Å². The Labute approximate surface area is 176 Å². The van der Waals surface area contributed by atoms with Gasteiger partial charge in [0.05, 0.1) is 6.04 Å². The molecule has 5 nitrogen and oxygen atoms in total. The molecule has 3 heterocycles. The maximum atomic E-state index is 13.6. The van der Waals surface area contributed by atoms with Crippen LogP contribution in [0.4, 0.5) is 0 Å². The molecule has 2 aliphatic heterocycles. The summed E-state index contributed by atoms with van der Waals surface area (Å²) in [5.74, 6) is 0.386. The van der Waals surface area contributed by atoms with Crippen LogP contribution in [-0.4, -0.2) is 33.8 Å². The first-order valence-corrected chi connectivity index (χ1v) is 10.8. The van der Waals surface area contributed by atoms with Crippen molar-refractivity contribution in [2.24, 2.45) is 5.92 Å². The van der Waals surface area contributed by atoms with E-state index in [-0.39, 0.29) is 17.9 Å². The summed E-state index contributed by atoms with van der Waals surface area (Å²) in [6, 6.07) is 17.0. The number of piperazine rings is 1. The highest BCUT2D eigenvalue weighted by Gasteiger charge is 2.48. The fourth-order valence-electron chi connectivity index (χ4n) is 5.08. The predicted octanol–water partition coefficient (Wildman–Crippen LogP) is 3.75. The van der Waals surface area contributed by atoms with Crippen molar-refractivity contribution < 1.29 is 9.59 Å². The zero-order valence-electron chi connectivity index (χ0n) is 17.4.